The molecule has 0 aromatic heterocycles. The lowest BCUT2D eigenvalue weighted by Gasteiger charge is -2.25. The van der Waals surface area contributed by atoms with E-state index in [1.54, 1.807) is 0 Å². The average molecular weight is 560 g/mol. The zero-order chi connectivity index (χ0) is 29.5. The standard InChI is InChI=1S/C35H61NO4/c1-6-8-10-12-14-16-18-23-27-31(28-24-19-17-15-13-11-9-7-2)39-33(37)32(29-30-25-21-20-22-26-30)36-34(38)40-35(3,4)5/h20-22,25-26,31-32H,6-19,23-24,27-29H2,1-5H3,(H,36,38)/t32-/m0/s1. The maximum Gasteiger partial charge on any atom is 0.408 e. The second-order valence-corrected chi connectivity index (χ2v) is 12.5. The molecule has 0 radical (unpaired) electrons. The second-order valence-electron chi connectivity index (χ2n) is 12.5. The predicted octanol–water partition coefficient (Wildman–Crippen LogP) is 10.1. The topological polar surface area (TPSA) is 64.6 Å². The number of rotatable bonds is 23. The van der Waals surface area contributed by atoms with E-state index in [9.17, 15) is 9.59 Å². The summed E-state index contributed by atoms with van der Waals surface area (Å²) in [6.07, 6.45) is 21.6. The van der Waals surface area contributed by atoms with Crippen molar-refractivity contribution in [3.8, 4) is 0 Å². The maximum atomic E-state index is 13.4. The minimum atomic E-state index is -0.781. The van der Waals surface area contributed by atoms with Crippen LogP contribution in [0.3, 0.4) is 0 Å². The predicted molar refractivity (Wildman–Crippen MR) is 168 cm³/mol. The summed E-state index contributed by atoms with van der Waals surface area (Å²) in [5.74, 6) is -0.362. The lowest BCUT2D eigenvalue weighted by atomic mass is 10.0. The molecule has 1 aromatic rings. The van der Waals surface area contributed by atoms with Gasteiger partial charge >= 0.3 is 12.1 Å². The molecule has 1 atom stereocenters. The molecule has 0 unspecified atom stereocenters. The molecule has 0 heterocycles. The second kappa shape index (κ2) is 22.6. The van der Waals surface area contributed by atoms with Crippen LogP contribution >= 0.6 is 0 Å². The molecular weight excluding hydrogens is 498 g/mol. The van der Waals surface area contributed by atoms with Crippen molar-refractivity contribution >= 4 is 12.1 Å². The van der Waals surface area contributed by atoms with E-state index in [-0.39, 0.29) is 12.1 Å². The fourth-order valence-corrected chi connectivity index (χ4v) is 5.01. The Morgan fingerprint density at radius 1 is 0.700 bits per heavy atom. The number of alkyl carbamates (subject to hydrolysis) is 1. The van der Waals surface area contributed by atoms with Gasteiger partial charge in [0.25, 0.3) is 0 Å². The van der Waals surface area contributed by atoms with E-state index in [2.05, 4.69) is 19.2 Å². The van der Waals surface area contributed by atoms with Crippen molar-refractivity contribution in [2.75, 3.05) is 0 Å². The third-order valence-corrected chi connectivity index (χ3v) is 7.30. The van der Waals surface area contributed by atoms with Gasteiger partial charge in [-0.1, -0.05) is 134 Å². The van der Waals surface area contributed by atoms with E-state index in [4.69, 9.17) is 9.47 Å². The lowest BCUT2D eigenvalue weighted by molar-refractivity contribution is -0.152. The summed E-state index contributed by atoms with van der Waals surface area (Å²) in [6, 6.07) is 8.99. The maximum absolute atomic E-state index is 13.4. The number of nitrogens with one attached hydrogen (secondary N) is 1. The summed E-state index contributed by atoms with van der Waals surface area (Å²) in [6.45, 7) is 9.96. The van der Waals surface area contributed by atoms with Crippen LogP contribution in [-0.4, -0.2) is 29.8 Å². The van der Waals surface area contributed by atoms with Gasteiger partial charge in [0.15, 0.2) is 0 Å². The molecule has 0 aliphatic carbocycles. The highest BCUT2D eigenvalue weighted by Crippen LogP contribution is 2.19. The molecule has 5 nitrogen and oxygen atoms in total. The van der Waals surface area contributed by atoms with Gasteiger partial charge in [-0.3, -0.25) is 0 Å². The van der Waals surface area contributed by atoms with E-state index in [0.717, 1.165) is 31.2 Å². The van der Waals surface area contributed by atoms with Crippen molar-refractivity contribution in [3.05, 3.63) is 35.9 Å². The molecule has 0 fully saturated rings. The van der Waals surface area contributed by atoms with Crippen LogP contribution in [0, 0.1) is 0 Å². The summed E-state index contributed by atoms with van der Waals surface area (Å²) < 4.78 is 11.6. The molecule has 230 valence electrons. The number of benzene rings is 1. The molecule has 0 saturated heterocycles. The monoisotopic (exact) mass is 559 g/mol. The Bertz CT molecular complexity index is 738. The molecule has 1 aromatic carbocycles. The third kappa shape index (κ3) is 19.9. The van der Waals surface area contributed by atoms with Gasteiger partial charge in [0.1, 0.15) is 17.7 Å². The number of ether oxygens (including phenoxy) is 2. The van der Waals surface area contributed by atoms with E-state index in [1.165, 1.54) is 89.9 Å². The van der Waals surface area contributed by atoms with Gasteiger partial charge < -0.3 is 14.8 Å². The van der Waals surface area contributed by atoms with Crippen LogP contribution in [0.15, 0.2) is 30.3 Å². The molecule has 1 amide bonds. The quantitative estimate of drug-likeness (QED) is 0.107. The SMILES string of the molecule is CCCCCCCCCCC(CCCCCCCCCC)OC(=O)[C@H](Cc1ccccc1)NC(=O)OC(C)(C)C. The Hall–Kier alpha value is -2.04. The first kappa shape index (κ1) is 36.0. The number of hydrogen-bond acceptors (Lipinski definition) is 4. The van der Waals surface area contributed by atoms with Gasteiger partial charge in [-0.2, -0.15) is 0 Å². The van der Waals surface area contributed by atoms with Crippen LogP contribution in [0.25, 0.3) is 0 Å². The number of hydrogen-bond donors (Lipinski definition) is 1. The summed E-state index contributed by atoms with van der Waals surface area (Å²) in [5.41, 5.74) is 0.337. The average Bonchev–Trinajstić information content (AvgIpc) is 2.90. The Morgan fingerprint density at radius 3 is 1.60 bits per heavy atom. The first-order chi connectivity index (χ1) is 19.2. The highest BCUT2D eigenvalue weighted by Gasteiger charge is 2.28. The number of carbonyl (C=O) groups is 2. The van der Waals surface area contributed by atoms with Crippen LogP contribution in [0.2, 0.25) is 0 Å². The highest BCUT2D eigenvalue weighted by molar-refractivity contribution is 5.82. The molecule has 1 N–H and O–H groups in total. The van der Waals surface area contributed by atoms with Crippen molar-refractivity contribution in [3.63, 3.8) is 0 Å². The molecule has 0 aliphatic heterocycles. The van der Waals surface area contributed by atoms with Gasteiger partial charge in [0.2, 0.25) is 0 Å². The van der Waals surface area contributed by atoms with E-state index < -0.39 is 17.7 Å². The van der Waals surface area contributed by atoms with Crippen LogP contribution in [0.4, 0.5) is 4.79 Å². The zero-order valence-electron chi connectivity index (χ0n) is 26.6. The molecule has 40 heavy (non-hydrogen) atoms. The lowest BCUT2D eigenvalue weighted by Crippen LogP contribution is -2.46. The Labute approximate surface area is 246 Å². The van der Waals surface area contributed by atoms with Crippen LogP contribution in [-0.2, 0) is 20.7 Å². The van der Waals surface area contributed by atoms with E-state index in [0.29, 0.717) is 6.42 Å². The fourth-order valence-electron chi connectivity index (χ4n) is 5.01. The van der Waals surface area contributed by atoms with Crippen molar-refractivity contribution in [2.45, 2.75) is 174 Å². The number of unbranched alkanes of at least 4 members (excludes halogenated alkanes) is 14. The minimum Gasteiger partial charge on any atom is -0.461 e. The Morgan fingerprint density at radius 2 is 1.15 bits per heavy atom. The third-order valence-electron chi connectivity index (χ3n) is 7.30. The number of esters is 1. The van der Waals surface area contributed by atoms with Crippen molar-refractivity contribution in [2.24, 2.45) is 0 Å². The van der Waals surface area contributed by atoms with Crippen molar-refractivity contribution in [1.82, 2.24) is 5.32 Å². The van der Waals surface area contributed by atoms with Gasteiger partial charge in [-0.05, 0) is 52.0 Å². The van der Waals surface area contributed by atoms with Gasteiger partial charge in [-0.25, -0.2) is 9.59 Å². The molecule has 0 aliphatic rings. The first-order valence-corrected chi connectivity index (χ1v) is 16.5. The van der Waals surface area contributed by atoms with Gasteiger partial charge in [0, 0.05) is 6.42 Å². The smallest absolute Gasteiger partial charge is 0.408 e. The largest absolute Gasteiger partial charge is 0.461 e. The Balaban J connectivity index is 2.71. The van der Waals surface area contributed by atoms with Crippen LogP contribution in [0.1, 0.15) is 156 Å². The summed E-state index contributed by atoms with van der Waals surface area (Å²) in [4.78, 5) is 26.0. The molecule has 1 rings (SSSR count). The van der Waals surface area contributed by atoms with E-state index in [1.807, 2.05) is 51.1 Å². The molecule has 0 spiro atoms. The molecule has 0 saturated carbocycles. The summed E-state index contributed by atoms with van der Waals surface area (Å²) >= 11 is 0. The minimum absolute atomic E-state index is 0.105. The van der Waals surface area contributed by atoms with Gasteiger partial charge in [0.05, 0.1) is 0 Å². The van der Waals surface area contributed by atoms with Crippen LogP contribution in [0.5, 0.6) is 0 Å². The van der Waals surface area contributed by atoms with E-state index >= 15 is 0 Å². The van der Waals surface area contributed by atoms with Crippen LogP contribution < -0.4 is 5.32 Å². The zero-order valence-corrected chi connectivity index (χ0v) is 26.6. The molecule has 0 bridgehead atoms. The summed E-state index contributed by atoms with van der Waals surface area (Å²) in [7, 11) is 0. The fraction of sp³-hybridized carbons (Fsp3) is 0.771. The number of carbonyl (C=O) groups excluding carboxylic acids is 2. The first-order valence-electron chi connectivity index (χ1n) is 16.5. The van der Waals surface area contributed by atoms with Gasteiger partial charge in [-0.15, -0.1) is 0 Å². The molecule has 5 heteroatoms. The van der Waals surface area contributed by atoms with Crippen molar-refractivity contribution in [1.29, 1.82) is 0 Å². The normalized spacial score (nSPS) is 12.3. The van der Waals surface area contributed by atoms with Crippen molar-refractivity contribution < 1.29 is 19.1 Å². The highest BCUT2D eigenvalue weighted by atomic mass is 16.6. The summed E-state index contributed by atoms with van der Waals surface area (Å²) in [5, 5.41) is 2.79. The number of amides is 1. The Kier molecular flexibility index (Phi) is 20.4. The molecular formula is C35H61NO4.